The molecule has 1 heterocycles. The van der Waals surface area contributed by atoms with Crippen molar-refractivity contribution in [3.8, 4) is 0 Å². The highest BCUT2D eigenvalue weighted by Gasteiger charge is 2.25. The van der Waals surface area contributed by atoms with Crippen molar-refractivity contribution in [2.45, 2.75) is 59.0 Å². The number of urea groups is 1. The third kappa shape index (κ3) is 5.71. The molecular weight excluding hydrogens is 226 g/mol. The fraction of sp³-hybridized carbons (Fsp3) is 0.929. The molecular formula is C14H29N3O. The summed E-state index contributed by atoms with van der Waals surface area (Å²) in [6, 6.07) is 0.259. The average molecular weight is 255 g/mol. The van der Waals surface area contributed by atoms with Crippen LogP contribution in [0.4, 0.5) is 4.79 Å². The zero-order valence-electron chi connectivity index (χ0n) is 12.5. The molecule has 2 amide bonds. The van der Waals surface area contributed by atoms with E-state index in [9.17, 15) is 4.79 Å². The van der Waals surface area contributed by atoms with Gasteiger partial charge < -0.3 is 15.5 Å². The minimum absolute atomic E-state index is 0.0436. The zero-order valence-corrected chi connectivity index (χ0v) is 12.5. The number of carbonyl (C=O) groups excluding carboxylic acids is 1. The van der Waals surface area contributed by atoms with Crippen molar-refractivity contribution in [1.82, 2.24) is 15.5 Å². The van der Waals surface area contributed by atoms with E-state index in [0.29, 0.717) is 6.04 Å². The summed E-state index contributed by atoms with van der Waals surface area (Å²) in [5.74, 6) is 0.743. The van der Waals surface area contributed by atoms with E-state index in [4.69, 9.17) is 0 Å². The van der Waals surface area contributed by atoms with Crippen LogP contribution in [-0.2, 0) is 0 Å². The lowest BCUT2D eigenvalue weighted by Crippen LogP contribution is -2.50. The summed E-state index contributed by atoms with van der Waals surface area (Å²) in [7, 11) is 0. The Balaban J connectivity index is 2.28. The Morgan fingerprint density at radius 1 is 1.44 bits per heavy atom. The van der Waals surface area contributed by atoms with E-state index in [1.165, 1.54) is 6.42 Å². The molecule has 0 aromatic heterocycles. The van der Waals surface area contributed by atoms with E-state index >= 15 is 0 Å². The molecule has 0 unspecified atom stereocenters. The number of carbonyl (C=O) groups is 1. The van der Waals surface area contributed by atoms with Gasteiger partial charge in [0.1, 0.15) is 0 Å². The van der Waals surface area contributed by atoms with Gasteiger partial charge in [0.25, 0.3) is 0 Å². The quantitative estimate of drug-likeness (QED) is 0.809. The van der Waals surface area contributed by atoms with E-state index in [-0.39, 0.29) is 11.6 Å². The number of nitrogens with zero attached hydrogens (tertiary/aromatic N) is 1. The number of likely N-dealkylation sites (tertiary alicyclic amines) is 1. The van der Waals surface area contributed by atoms with E-state index in [1.54, 1.807) is 0 Å². The zero-order chi connectivity index (χ0) is 13.8. The second kappa shape index (κ2) is 6.41. The molecule has 1 aliphatic rings. The Morgan fingerprint density at radius 3 is 2.67 bits per heavy atom. The summed E-state index contributed by atoms with van der Waals surface area (Å²) in [6.07, 6.45) is 2.28. The lowest BCUT2D eigenvalue weighted by molar-refractivity contribution is 0.226. The smallest absolute Gasteiger partial charge is 0.315 e. The van der Waals surface area contributed by atoms with Crippen LogP contribution in [0.5, 0.6) is 0 Å². The molecule has 4 heteroatoms. The molecule has 1 fully saturated rings. The SMILES string of the molecule is CC[C@@H](C)CN1CC[C@@H](NC(=O)NC(C)(C)C)C1. The topological polar surface area (TPSA) is 44.4 Å². The van der Waals surface area contributed by atoms with Crippen molar-refractivity contribution in [2.24, 2.45) is 5.92 Å². The Hall–Kier alpha value is -0.770. The van der Waals surface area contributed by atoms with Crippen molar-refractivity contribution in [2.75, 3.05) is 19.6 Å². The van der Waals surface area contributed by atoms with Crippen LogP contribution in [0.1, 0.15) is 47.5 Å². The van der Waals surface area contributed by atoms with Crippen LogP contribution in [0.25, 0.3) is 0 Å². The molecule has 2 atom stereocenters. The van der Waals surface area contributed by atoms with Crippen LogP contribution in [-0.4, -0.2) is 42.1 Å². The van der Waals surface area contributed by atoms with E-state index in [2.05, 4.69) is 29.4 Å². The highest BCUT2D eigenvalue weighted by molar-refractivity contribution is 5.75. The molecule has 0 bridgehead atoms. The normalized spacial score (nSPS) is 22.8. The first kappa shape index (κ1) is 15.3. The van der Waals surface area contributed by atoms with E-state index in [0.717, 1.165) is 32.0 Å². The second-order valence-electron chi connectivity index (χ2n) is 6.61. The molecule has 1 saturated heterocycles. The first-order chi connectivity index (χ1) is 8.30. The number of rotatable bonds is 4. The molecule has 0 aliphatic carbocycles. The monoisotopic (exact) mass is 255 g/mol. The Morgan fingerprint density at radius 2 is 2.11 bits per heavy atom. The van der Waals surface area contributed by atoms with Gasteiger partial charge in [-0.1, -0.05) is 20.3 Å². The highest BCUT2D eigenvalue weighted by Crippen LogP contribution is 2.13. The van der Waals surface area contributed by atoms with Crippen LogP contribution in [0.3, 0.4) is 0 Å². The Bertz CT molecular complexity index is 273. The highest BCUT2D eigenvalue weighted by atomic mass is 16.2. The molecule has 4 nitrogen and oxygen atoms in total. The molecule has 0 aromatic carbocycles. The van der Waals surface area contributed by atoms with Gasteiger partial charge in [-0.15, -0.1) is 0 Å². The molecule has 0 radical (unpaired) electrons. The minimum Gasteiger partial charge on any atom is -0.334 e. The van der Waals surface area contributed by atoms with Crippen molar-refractivity contribution in [3.05, 3.63) is 0 Å². The second-order valence-corrected chi connectivity index (χ2v) is 6.61. The summed E-state index contributed by atoms with van der Waals surface area (Å²) in [5, 5.41) is 6.01. The largest absolute Gasteiger partial charge is 0.334 e. The molecule has 0 aromatic rings. The number of hydrogen-bond donors (Lipinski definition) is 2. The fourth-order valence-corrected chi connectivity index (χ4v) is 2.25. The third-order valence-electron chi connectivity index (χ3n) is 3.36. The van der Waals surface area contributed by atoms with Crippen LogP contribution < -0.4 is 10.6 Å². The van der Waals surface area contributed by atoms with Gasteiger partial charge in [0.2, 0.25) is 0 Å². The van der Waals surface area contributed by atoms with Crippen LogP contribution in [0, 0.1) is 5.92 Å². The van der Waals surface area contributed by atoms with Crippen molar-refractivity contribution >= 4 is 6.03 Å². The third-order valence-corrected chi connectivity index (χ3v) is 3.36. The van der Waals surface area contributed by atoms with Gasteiger partial charge in [-0.2, -0.15) is 0 Å². The summed E-state index contributed by atoms with van der Waals surface area (Å²) >= 11 is 0. The van der Waals surface area contributed by atoms with Gasteiger partial charge in [0, 0.05) is 31.2 Å². The van der Waals surface area contributed by atoms with Crippen LogP contribution >= 0.6 is 0 Å². The predicted octanol–water partition coefficient (Wildman–Crippen LogP) is 2.20. The molecule has 0 spiro atoms. The van der Waals surface area contributed by atoms with Gasteiger partial charge in [0.05, 0.1) is 0 Å². The summed E-state index contributed by atoms with van der Waals surface area (Å²) in [5.41, 5.74) is -0.168. The van der Waals surface area contributed by atoms with Gasteiger partial charge in [-0.25, -0.2) is 4.79 Å². The maximum Gasteiger partial charge on any atom is 0.315 e. The minimum atomic E-state index is -0.168. The van der Waals surface area contributed by atoms with Gasteiger partial charge >= 0.3 is 6.03 Å². The Kier molecular flexibility index (Phi) is 5.45. The van der Waals surface area contributed by atoms with Gasteiger partial charge in [-0.3, -0.25) is 0 Å². The number of nitrogens with one attached hydrogen (secondary N) is 2. The number of amides is 2. The van der Waals surface area contributed by atoms with Gasteiger partial charge in [-0.05, 0) is 33.1 Å². The molecule has 0 saturated carbocycles. The molecule has 18 heavy (non-hydrogen) atoms. The molecule has 2 N–H and O–H groups in total. The fourth-order valence-electron chi connectivity index (χ4n) is 2.25. The van der Waals surface area contributed by atoms with E-state index in [1.807, 2.05) is 20.8 Å². The maximum absolute atomic E-state index is 11.8. The summed E-state index contributed by atoms with van der Waals surface area (Å²) in [6.45, 7) is 13.7. The average Bonchev–Trinajstić information content (AvgIpc) is 2.62. The summed E-state index contributed by atoms with van der Waals surface area (Å²) in [4.78, 5) is 14.2. The lowest BCUT2D eigenvalue weighted by atomic mass is 10.1. The number of hydrogen-bond acceptors (Lipinski definition) is 2. The predicted molar refractivity (Wildman–Crippen MR) is 75.7 cm³/mol. The van der Waals surface area contributed by atoms with Crippen LogP contribution in [0.15, 0.2) is 0 Å². The van der Waals surface area contributed by atoms with Crippen molar-refractivity contribution in [1.29, 1.82) is 0 Å². The Labute approximate surface area is 111 Å². The maximum atomic E-state index is 11.8. The standard InChI is InChI=1S/C14H29N3O/c1-6-11(2)9-17-8-7-12(10-17)15-13(18)16-14(3,4)5/h11-12H,6-10H2,1-5H3,(H2,15,16,18)/t11-,12-/m1/s1. The van der Waals surface area contributed by atoms with Crippen molar-refractivity contribution in [3.63, 3.8) is 0 Å². The summed E-state index contributed by atoms with van der Waals surface area (Å²) < 4.78 is 0. The molecule has 1 rings (SSSR count). The van der Waals surface area contributed by atoms with Crippen LogP contribution in [0.2, 0.25) is 0 Å². The molecule has 106 valence electrons. The van der Waals surface area contributed by atoms with E-state index < -0.39 is 0 Å². The first-order valence-corrected chi connectivity index (χ1v) is 7.11. The van der Waals surface area contributed by atoms with Crippen molar-refractivity contribution < 1.29 is 4.79 Å². The lowest BCUT2D eigenvalue weighted by Gasteiger charge is -2.23. The molecule has 1 aliphatic heterocycles. The van der Waals surface area contributed by atoms with Gasteiger partial charge in [0.15, 0.2) is 0 Å². The first-order valence-electron chi connectivity index (χ1n) is 7.11.